The lowest BCUT2D eigenvalue weighted by Gasteiger charge is -2.25. The Hall–Kier alpha value is -4.98. The van der Waals surface area contributed by atoms with Gasteiger partial charge in [0.15, 0.2) is 5.75 Å². The number of hydrogen-bond acceptors (Lipinski definition) is 4. The van der Waals surface area contributed by atoms with Gasteiger partial charge in [-0.25, -0.2) is 4.39 Å². The van der Waals surface area contributed by atoms with E-state index in [9.17, 15) is 14.0 Å². The highest BCUT2D eigenvalue weighted by atomic mass is 35.5. The Kier molecular flexibility index (Phi) is 11.8. The van der Waals surface area contributed by atoms with Crippen molar-refractivity contribution in [3.05, 3.63) is 150 Å². The summed E-state index contributed by atoms with van der Waals surface area (Å²) < 4.78 is 20.2. The first-order valence-corrected chi connectivity index (χ1v) is 14.5. The molecule has 5 aromatic carbocycles. The molecule has 0 bridgehead atoms. The normalized spacial score (nSPS) is 10.4. The summed E-state index contributed by atoms with van der Waals surface area (Å²) in [5.74, 6) is 0.154. The van der Waals surface area contributed by atoms with Crippen molar-refractivity contribution in [2.24, 2.45) is 5.73 Å². The molecule has 5 rings (SSSR count). The van der Waals surface area contributed by atoms with E-state index in [1.807, 2.05) is 91.0 Å². The second-order valence-electron chi connectivity index (χ2n) is 10.3. The predicted molar refractivity (Wildman–Crippen MR) is 179 cm³/mol. The van der Waals surface area contributed by atoms with Crippen LogP contribution in [0, 0.1) is 5.82 Å². The standard InChI is InChI=1S/C37H34FN3O3.ClH/c38-33-11-5-4-10-31(33)25-40-36(42)22-23-37(43)41(26-28-14-18-30(19-15-28)29-8-2-1-3-9-29)34-12-6-7-13-35(34)44-32-20-16-27(24-39)17-21-32;/h1-21H,22-26,39H2,(H,40,42);1H. The van der Waals surface area contributed by atoms with Gasteiger partial charge in [-0.15, -0.1) is 12.4 Å². The summed E-state index contributed by atoms with van der Waals surface area (Å²) in [4.78, 5) is 28.1. The fourth-order valence-corrected chi connectivity index (χ4v) is 4.79. The maximum Gasteiger partial charge on any atom is 0.227 e. The van der Waals surface area contributed by atoms with Crippen molar-refractivity contribution < 1.29 is 18.7 Å². The number of halogens is 2. The smallest absolute Gasteiger partial charge is 0.227 e. The monoisotopic (exact) mass is 623 g/mol. The van der Waals surface area contributed by atoms with Crippen molar-refractivity contribution >= 4 is 29.9 Å². The molecule has 0 aromatic heterocycles. The second-order valence-corrected chi connectivity index (χ2v) is 10.3. The highest BCUT2D eigenvalue weighted by Gasteiger charge is 2.21. The Morgan fingerprint density at radius 3 is 2.04 bits per heavy atom. The van der Waals surface area contributed by atoms with Gasteiger partial charge < -0.3 is 20.7 Å². The van der Waals surface area contributed by atoms with Crippen LogP contribution < -0.4 is 20.7 Å². The molecule has 0 heterocycles. The summed E-state index contributed by atoms with van der Waals surface area (Å²) in [5, 5.41) is 2.72. The Labute approximate surface area is 269 Å². The van der Waals surface area contributed by atoms with E-state index in [0.29, 0.717) is 29.3 Å². The number of rotatable bonds is 12. The quantitative estimate of drug-likeness (QED) is 0.149. The minimum Gasteiger partial charge on any atom is -0.455 e. The molecule has 6 nitrogen and oxygen atoms in total. The molecule has 0 saturated carbocycles. The van der Waals surface area contributed by atoms with Crippen molar-refractivity contribution in [3.63, 3.8) is 0 Å². The first-order chi connectivity index (χ1) is 21.5. The van der Waals surface area contributed by atoms with Gasteiger partial charge in [-0.3, -0.25) is 9.59 Å². The first-order valence-electron chi connectivity index (χ1n) is 14.5. The van der Waals surface area contributed by atoms with Crippen molar-refractivity contribution in [2.45, 2.75) is 32.5 Å². The molecule has 0 fully saturated rings. The third kappa shape index (κ3) is 9.01. The summed E-state index contributed by atoms with van der Waals surface area (Å²) in [6.07, 6.45) is -0.0783. The molecule has 0 aliphatic rings. The lowest BCUT2D eigenvalue weighted by Crippen LogP contribution is -2.32. The third-order valence-electron chi connectivity index (χ3n) is 7.25. The second kappa shape index (κ2) is 16.2. The summed E-state index contributed by atoms with van der Waals surface area (Å²) in [7, 11) is 0. The molecule has 0 atom stereocenters. The lowest BCUT2D eigenvalue weighted by atomic mass is 10.0. The summed E-state index contributed by atoms with van der Waals surface area (Å²) in [5.41, 5.74) is 10.8. The number of nitrogens with two attached hydrogens (primary N) is 1. The van der Waals surface area contributed by atoms with Gasteiger partial charge in [0.05, 0.1) is 12.2 Å². The lowest BCUT2D eigenvalue weighted by molar-refractivity contribution is -0.125. The van der Waals surface area contributed by atoms with E-state index in [-0.39, 0.29) is 56.0 Å². The summed E-state index contributed by atoms with van der Waals surface area (Å²) in [6, 6.07) is 39.2. The Balaban J connectivity index is 0.00000461. The average molecular weight is 624 g/mol. The average Bonchev–Trinajstić information content (AvgIpc) is 3.07. The Morgan fingerprint density at radius 1 is 0.711 bits per heavy atom. The van der Waals surface area contributed by atoms with Gasteiger partial charge >= 0.3 is 0 Å². The molecule has 8 heteroatoms. The zero-order valence-corrected chi connectivity index (χ0v) is 25.5. The van der Waals surface area contributed by atoms with Crippen LogP contribution in [0.1, 0.15) is 29.5 Å². The molecule has 0 aliphatic carbocycles. The topological polar surface area (TPSA) is 84.7 Å². The van der Waals surface area contributed by atoms with Crippen LogP contribution in [0.2, 0.25) is 0 Å². The van der Waals surface area contributed by atoms with E-state index in [2.05, 4.69) is 17.4 Å². The Morgan fingerprint density at radius 2 is 1.33 bits per heavy atom. The third-order valence-corrected chi connectivity index (χ3v) is 7.25. The molecule has 5 aromatic rings. The van der Waals surface area contributed by atoms with Gasteiger partial charge in [-0.05, 0) is 52.6 Å². The molecule has 3 N–H and O–H groups in total. The molecule has 0 radical (unpaired) electrons. The molecule has 2 amide bonds. The van der Waals surface area contributed by atoms with E-state index >= 15 is 0 Å². The largest absolute Gasteiger partial charge is 0.455 e. The van der Waals surface area contributed by atoms with Crippen LogP contribution in [0.3, 0.4) is 0 Å². The number of benzene rings is 5. The molecule has 230 valence electrons. The van der Waals surface area contributed by atoms with E-state index in [1.54, 1.807) is 23.1 Å². The summed E-state index contributed by atoms with van der Waals surface area (Å²) in [6.45, 7) is 0.754. The molecule has 0 aliphatic heterocycles. The Bertz CT molecular complexity index is 1700. The molecule has 0 unspecified atom stereocenters. The molecular weight excluding hydrogens is 589 g/mol. The predicted octanol–water partition coefficient (Wildman–Crippen LogP) is 7.80. The molecule has 45 heavy (non-hydrogen) atoms. The molecular formula is C37H35ClFN3O3. The number of amides is 2. The van der Waals surface area contributed by atoms with Crippen molar-refractivity contribution in [2.75, 3.05) is 4.90 Å². The van der Waals surface area contributed by atoms with Crippen LogP contribution in [0.5, 0.6) is 11.5 Å². The van der Waals surface area contributed by atoms with Gasteiger partial charge in [-0.2, -0.15) is 0 Å². The highest BCUT2D eigenvalue weighted by molar-refractivity contribution is 5.96. The van der Waals surface area contributed by atoms with Gasteiger partial charge in [0.25, 0.3) is 0 Å². The fraction of sp³-hybridized carbons (Fsp3) is 0.135. The first kappa shape index (κ1) is 32.9. The van der Waals surface area contributed by atoms with E-state index in [1.165, 1.54) is 6.07 Å². The van der Waals surface area contributed by atoms with Crippen molar-refractivity contribution in [3.8, 4) is 22.6 Å². The number of anilines is 1. The molecule has 0 saturated heterocycles. The van der Waals surface area contributed by atoms with Crippen molar-refractivity contribution in [1.82, 2.24) is 5.32 Å². The van der Waals surface area contributed by atoms with Crippen LogP contribution in [0.25, 0.3) is 11.1 Å². The summed E-state index contributed by atoms with van der Waals surface area (Å²) >= 11 is 0. The number of nitrogens with one attached hydrogen (secondary N) is 1. The van der Waals surface area contributed by atoms with Crippen molar-refractivity contribution in [1.29, 1.82) is 0 Å². The minimum absolute atomic E-state index is 0. The highest BCUT2D eigenvalue weighted by Crippen LogP contribution is 2.34. The fourth-order valence-electron chi connectivity index (χ4n) is 4.79. The van der Waals surface area contributed by atoms with Gasteiger partial charge in [0.1, 0.15) is 11.6 Å². The van der Waals surface area contributed by atoms with Crippen LogP contribution in [-0.4, -0.2) is 11.8 Å². The van der Waals surface area contributed by atoms with E-state index in [0.717, 1.165) is 22.3 Å². The number of ether oxygens (including phenoxy) is 1. The zero-order valence-electron chi connectivity index (χ0n) is 24.7. The number of para-hydroxylation sites is 2. The number of carbonyl (C=O) groups excluding carboxylic acids is 2. The van der Waals surface area contributed by atoms with Gasteiger partial charge in [0, 0.05) is 31.5 Å². The van der Waals surface area contributed by atoms with E-state index in [4.69, 9.17) is 10.5 Å². The maximum atomic E-state index is 14.0. The minimum atomic E-state index is -0.386. The molecule has 0 spiro atoms. The number of carbonyl (C=O) groups is 2. The number of hydrogen-bond donors (Lipinski definition) is 2. The van der Waals surface area contributed by atoms with Crippen LogP contribution >= 0.6 is 12.4 Å². The van der Waals surface area contributed by atoms with Crippen LogP contribution in [-0.2, 0) is 29.2 Å². The zero-order chi connectivity index (χ0) is 30.7. The number of nitrogens with zero attached hydrogens (tertiary/aromatic N) is 1. The van der Waals surface area contributed by atoms with E-state index < -0.39 is 0 Å². The van der Waals surface area contributed by atoms with Crippen LogP contribution in [0.15, 0.2) is 127 Å². The maximum absolute atomic E-state index is 14.0. The van der Waals surface area contributed by atoms with Gasteiger partial charge in [-0.1, -0.05) is 97.1 Å². The SMILES string of the molecule is Cl.NCc1ccc(Oc2ccccc2N(Cc2ccc(-c3ccccc3)cc2)C(=O)CCC(=O)NCc2ccccc2F)cc1. The van der Waals surface area contributed by atoms with Crippen LogP contribution in [0.4, 0.5) is 10.1 Å². The van der Waals surface area contributed by atoms with Gasteiger partial charge in [0.2, 0.25) is 11.8 Å².